The Hall–Kier alpha value is -2.23. The molecule has 0 atom stereocenters. The van der Waals surface area contributed by atoms with E-state index in [0.717, 1.165) is 11.3 Å². The van der Waals surface area contributed by atoms with Gasteiger partial charge in [0.25, 0.3) is 5.78 Å². The van der Waals surface area contributed by atoms with E-state index < -0.39 is 0 Å². The third kappa shape index (κ3) is 1.80. The minimum atomic E-state index is 0.643. The summed E-state index contributed by atoms with van der Waals surface area (Å²) in [6.07, 6.45) is 3.55. The second-order valence-electron chi connectivity index (χ2n) is 5.36. The van der Waals surface area contributed by atoms with E-state index in [4.69, 9.17) is 0 Å². The maximum atomic E-state index is 4.52. The highest BCUT2D eigenvalue weighted by atomic mass is 15.3. The van der Waals surface area contributed by atoms with Crippen molar-refractivity contribution in [3.63, 3.8) is 0 Å². The van der Waals surface area contributed by atoms with E-state index in [9.17, 15) is 0 Å². The van der Waals surface area contributed by atoms with Crippen molar-refractivity contribution in [1.82, 2.24) is 19.6 Å². The highest BCUT2D eigenvalue weighted by Crippen LogP contribution is 2.31. The van der Waals surface area contributed by atoms with Gasteiger partial charge >= 0.3 is 0 Å². The molecule has 0 aliphatic heterocycles. The van der Waals surface area contributed by atoms with E-state index >= 15 is 0 Å². The normalized spacial score (nSPS) is 11.2. The van der Waals surface area contributed by atoms with Crippen LogP contribution in [0.4, 0.5) is 0 Å². The van der Waals surface area contributed by atoms with Gasteiger partial charge in [0.15, 0.2) is 0 Å². The molecule has 4 nitrogen and oxygen atoms in total. The molecule has 0 saturated carbocycles. The number of hydrogen-bond donors (Lipinski definition) is 0. The molecule has 20 heavy (non-hydrogen) atoms. The summed E-state index contributed by atoms with van der Waals surface area (Å²) in [6, 6.07) is 2.24. The zero-order valence-corrected chi connectivity index (χ0v) is 12.5. The molecule has 3 aromatic rings. The van der Waals surface area contributed by atoms with Gasteiger partial charge in [0.05, 0.1) is 5.69 Å². The number of nitrogens with zero attached hydrogens (tertiary/aromatic N) is 4. The largest absolute Gasteiger partial charge is 0.252 e. The number of hydrogen-bond acceptors (Lipinski definition) is 3. The molecule has 0 aliphatic rings. The molecule has 102 valence electrons. The number of aromatic nitrogens is 4. The van der Waals surface area contributed by atoms with Crippen LogP contribution in [0.5, 0.6) is 0 Å². The van der Waals surface area contributed by atoms with Crippen molar-refractivity contribution < 1.29 is 0 Å². The van der Waals surface area contributed by atoms with E-state index in [1.54, 1.807) is 4.52 Å². The van der Waals surface area contributed by atoms with Crippen LogP contribution in [0.3, 0.4) is 0 Å². The van der Waals surface area contributed by atoms with Crippen LogP contribution >= 0.6 is 0 Å². The van der Waals surface area contributed by atoms with Crippen LogP contribution in [0.15, 0.2) is 18.6 Å². The Bertz CT molecular complexity index is 815. The number of fused-ring (bicyclic) bond motifs is 1. The van der Waals surface area contributed by atoms with Gasteiger partial charge in [0.2, 0.25) is 0 Å². The molecule has 1 aromatic carbocycles. The van der Waals surface area contributed by atoms with E-state index in [1.807, 2.05) is 13.1 Å². The van der Waals surface area contributed by atoms with Crippen LogP contribution in [0, 0.1) is 34.6 Å². The van der Waals surface area contributed by atoms with Crippen molar-refractivity contribution in [2.24, 2.45) is 0 Å². The quantitative estimate of drug-likeness (QED) is 0.678. The van der Waals surface area contributed by atoms with Gasteiger partial charge in [-0.05, 0) is 62.4 Å². The van der Waals surface area contributed by atoms with Crippen LogP contribution in [0.1, 0.15) is 27.9 Å². The summed E-state index contributed by atoms with van der Waals surface area (Å²) in [7, 11) is 0. The molecular weight excluding hydrogens is 248 g/mol. The van der Waals surface area contributed by atoms with Crippen molar-refractivity contribution in [1.29, 1.82) is 0 Å². The minimum absolute atomic E-state index is 0.643. The summed E-state index contributed by atoms with van der Waals surface area (Å²) >= 11 is 0. The fourth-order valence-electron chi connectivity index (χ4n) is 2.60. The molecule has 0 bridgehead atoms. The third-order valence-corrected chi connectivity index (χ3v) is 4.23. The maximum Gasteiger partial charge on any atom is 0.252 e. The van der Waals surface area contributed by atoms with Crippen LogP contribution in [0.25, 0.3) is 16.9 Å². The van der Waals surface area contributed by atoms with Gasteiger partial charge in [0, 0.05) is 11.8 Å². The van der Waals surface area contributed by atoms with Crippen molar-refractivity contribution >= 4 is 5.78 Å². The second kappa shape index (κ2) is 4.40. The molecule has 4 heteroatoms. The van der Waals surface area contributed by atoms with Crippen LogP contribution < -0.4 is 0 Å². The molecule has 0 aliphatic carbocycles. The highest BCUT2D eigenvalue weighted by Gasteiger charge is 2.13. The molecule has 0 N–H and O–H groups in total. The average molecular weight is 266 g/mol. The molecule has 0 fully saturated rings. The minimum Gasteiger partial charge on any atom is -0.216 e. The lowest BCUT2D eigenvalue weighted by Gasteiger charge is -2.15. The Balaban J connectivity index is 2.33. The maximum absolute atomic E-state index is 4.52. The predicted octanol–water partition coefficient (Wildman–Crippen LogP) is 3.33. The Morgan fingerprint density at radius 3 is 2.40 bits per heavy atom. The van der Waals surface area contributed by atoms with Gasteiger partial charge in [-0.25, -0.2) is 9.50 Å². The van der Waals surface area contributed by atoms with E-state index in [0.29, 0.717) is 5.78 Å². The Labute approximate surface area is 118 Å². The summed E-state index contributed by atoms with van der Waals surface area (Å²) in [4.78, 5) is 8.65. The summed E-state index contributed by atoms with van der Waals surface area (Å²) in [5, 5.41) is 4.18. The Morgan fingerprint density at radius 2 is 1.65 bits per heavy atom. The van der Waals surface area contributed by atoms with Gasteiger partial charge in [-0.15, -0.1) is 0 Å². The van der Waals surface area contributed by atoms with Crippen LogP contribution in [-0.2, 0) is 0 Å². The lowest BCUT2D eigenvalue weighted by atomic mass is 9.91. The summed E-state index contributed by atoms with van der Waals surface area (Å²) in [6.45, 7) is 10.7. The standard InChI is InChI=1S/C16H18N4/c1-9-6-14(12(4)11(3)10(9)2)15-7-20-16(17-8-18-20)19-13(15)5/h6-8H,1-5H3. The Morgan fingerprint density at radius 1 is 0.900 bits per heavy atom. The summed E-state index contributed by atoms with van der Waals surface area (Å²) in [5.74, 6) is 0.643. The zero-order chi connectivity index (χ0) is 14.4. The molecule has 0 amide bonds. The molecule has 0 saturated heterocycles. The summed E-state index contributed by atoms with van der Waals surface area (Å²) in [5.41, 5.74) is 8.64. The topological polar surface area (TPSA) is 43.1 Å². The van der Waals surface area contributed by atoms with Crippen LogP contribution in [0.2, 0.25) is 0 Å². The monoisotopic (exact) mass is 266 g/mol. The van der Waals surface area contributed by atoms with Gasteiger partial charge in [-0.2, -0.15) is 10.1 Å². The average Bonchev–Trinajstić information content (AvgIpc) is 2.87. The van der Waals surface area contributed by atoms with E-state index in [1.165, 1.54) is 34.1 Å². The molecule has 0 radical (unpaired) electrons. The van der Waals surface area contributed by atoms with Crippen molar-refractivity contribution in [2.75, 3.05) is 0 Å². The fourth-order valence-corrected chi connectivity index (χ4v) is 2.60. The number of rotatable bonds is 1. The fraction of sp³-hybridized carbons (Fsp3) is 0.312. The highest BCUT2D eigenvalue weighted by molar-refractivity contribution is 5.72. The van der Waals surface area contributed by atoms with Gasteiger partial charge < -0.3 is 0 Å². The second-order valence-corrected chi connectivity index (χ2v) is 5.36. The first-order chi connectivity index (χ1) is 9.49. The first-order valence-electron chi connectivity index (χ1n) is 6.74. The van der Waals surface area contributed by atoms with Crippen molar-refractivity contribution in [3.05, 3.63) is 46.5 Å². The molecule has 2 heterocycles. The lowest BCUT2D eigenvalue weighted by Crippen LogP contribution is -2.00. The predicted molar refractivity (Wildman–Crippen MR) is 79.9 cm³/mol. The third-order valence-electron chi connectivity index (χ3n) is 4.23. The van der Waals surface area contributed by atoms with Gasteiger partial charge in [0.1, 0.15) is 6.33 Å². The van der Waals surface area contributed by atoms with E-state index in [-0.39, 0.29) is 0 Å². The zero-order valence-electron chi connectivity index (χ0n) is 12.5. The molecule has 2 aromatic heterocycles. The molecular formula is C16H18N4. The Kier molecular flexibility index (Phi) is 2.82. The smallest absolute Gasteiger partial charge is 0.216 e. The van der Waals surface area contributed by atoms with Crippen molar-refractivity contribution in [3.8, 4) is 11.1 Å². The number of benzene rings is 1. The van der Waals surface area contributed by atoms with Gasteiger partial charge in [-0.1, -0.05) is 6.07 Å². The SMILES string of the molecule is Cc1cc(-c2cn3ncnc3nc2C)c(C)c(C)c1C. The number of aryl methyl sites for hydroxylation is 2. The first kappa shape index (κ1) is 12.8. The molecule has 0 spiro atoms. The first-order valence-corrected chi connectivity index (χ1v) is 6.74. The molecule has 3 rings (SSSR count). The molecule has 0 unspecified atom stereocenters. The van der Waals surface area contributed by atoms with E-state index in [2.05, 4.69) is 48.8 Å². The lowest BCUT2D eigenvalue weighted by molar-refractivity contribution is 0.931. The van der Waals surface area contributed by atoms with Crippen LogP contribution in [-0.4, -0.2) is 19.6 Å². The van der Waals surface area contributed by atoms with Crippen molar-refractivity contribution in [2.45, 2.75) is 34.6 Å². The van der Waals surface area contributed by atoms with Gasteiger partial charge in [-0.3, -0.25) is 0 Å². The summed E-state index contributed by atoms with van der Waals surface area (Å²) < 4.78 is 1.73.